The maximum Gasteiger partial charge on any atom is 0.243 e. The molecule has 1 N–H and O–H groups in total. The molecule has 1 fully saturated rings. The smallest absolute Gasteiger partial charge is 0.243 e. The highest BCUT2D eigenvalue weighted by molar-refractivity contribution is 9.10. The van der Waals surface area contributed by atoms with Gasteiger partial charge in [0.2, 0.25) is 15.9 Å². The normalized spacial score (nSPS) is 16.8. The Bertz CT molecular complexity index is 872. The van der Waals surface area contributed by atoms with Crippen LogP contribution in [0.1, 0.15) is 17.7 Å². The van der Waals surface area contributed by atoms with Crippen LogP contribution in [0.2, 0.25) is 0 Å². The molecule has 0 unspecified atom stereocenters. The Morgan fingerprint density at radius 1 is 1.23 bits per heavy atom. The Labute approximate surface area is 165 Å². The van der Waals surface area contributed by atoms with Gasteiger partial charge in [-0.25, -0.2) is 13.8 Å². The number of carbonyl (C=O) groups is 1. The summed E-state index contributed by atoms with van der Waals surface area (Å²) in [5.41, 5.74) is 2.55. The van der Waals surface area contributed by atoms with Crippen molar-refractivity contribution in [3.05, 3.63) is 51.1 Å². The molecule has 0 spiro atoms. The highest BCUT2D eigenvalue weighted by Gasteiger charge is 2.32. The summed E-state index contributed by atoms with van der Waals surface area (Å²) in [5, 5.41) is 5.90. The van der Waals surface area contributed by atoms with Crippen molar-refractivity contribution in [2.45, 2.75) is 17.7 Å². The number of sulfonamides is 1. The molecule has 26 heavy (non-hydrogen) atoms. The maximum absolute atomic E-state index is 12.7. The molecule has 0 radical (unpaired) electrons. The molecule has 1 amide bonds. The number of hydrazone groups is 1. The Kier molecular flexibility index (Phi) is 6.23. The zero-order chi connectivity index (χ0) is 18.6. The van der Waals surface area contributed by atoms with Gasteiger partial charge < -0.3 is 0 Å². The van der Waals surface area contributed by atoms with Gasteiger partial charge >= 0.3 is 0 Å². The van der Waals surface area contributed by atoms with Gasteiger partial charge in [0.25, 0.3) is 0 Å². The minimum atomic E-state index is -3.52. The molecule has 0 bridgehead atoms. The third-order valence-corrected chi connectivity index (χ3v) is 7.43. The average molecular weight is 456 g/mol. The van der Waals surface area contributed by atoms with E-state index >= 15 is 0 Å². The summed E-state index contributed by atoms with van der Waals surface area (Å²) in [4.78, 5) is 13.4. The van der Waals surface area contributed by atoms with E-state index in [4.69, 9.17) is 0 Å². The molecule has 138 valence electrons. The van der Waals surface area contributed by atoms with Gasteiger partial charge in [-0.15, -0.1) is 11.3 Å². The molecule has 1 aliphatic rings. The lowest BCUT2D eigenvalue weighted by molar-refractivity contribution is -0.126. The van der Waals surface area contributed by atoms with E-state index in [9.17, 15) is 13.2 Å². The molecule has 0 saturated carbocycles. The number of hydrogen-bond donors (Lipinski definition) is 1. The van der Waals surface area contributed by atoms with Gasteiger partial charge in [-0.1, -0.05) is 22.0 Å². The van der Waals surface area contributed by atoms with E-state index in [2.05, 4.69) is 26.5 Å². The van der Waals surface area contributed by atoms with Crippen molar-refractivity contribution in [3.63, 3.8) is 0 Å². The fourth-order valence-electron chi connectivity index (χ4n) is 2.73. The Hall–Kier alpha value is -1.55. The number of piperidine rings is 1. The minimum Gasteiger partial charge on any atom is -0.273 e. The molecule has 2 aromatic rings. The molecule has 1 aliphatic heterocycles. The molecule has 6 nitrogen and oxygen atoms in total. The fourth-order valence-corrected chi connectivity index (χ4v) is 5.05. The number of halogens is 1. The summed E-state index contributed by atoms with van der Waals surface area (Å²) in [6, 6.07) is 10.4. The van der Waals surface area contributed by atoms with E-state index in [0.29, 0.717) is 25.9 Å². The summed E-state index contributed by atoms with van der Waals surface area (Å²) in [7, 11) is -3.52. The number of nitrogens with zero attached hydrogens (tertiary/aromatic N) is 2. The van der Waals surface area contributed by atoms with Crippen molar-refractivity contribution in [2.24, 2.45) is 11.0 Å². The first-order valence-electron chi connectivity index (χ1n) is 8.09. The van der Waals surface area contributed by atoms with E-state index in [0.717, 1.165) is 9.35 Å². The largest absolute Gasteiger partial charge is 0.273 e. The molecule has 9 heteroatoms. The van der Waals surface area contributed by atoms with Gasteiger partial charge in [0, 0.05) is 28.4 Å². The summed E-state index contributed by atoms with van der Waals surface area (Å²) >= 11 is 4.84. The van der Waals surface area contributed by atoms with Gasteiger partial charge in [-0.2, -0.15) is 9.41 Å². The van der Waals surface area contributed by atoms with Gasteiger partial charge in [0.1, 0.15) is 0 Å². The molecule has 1 aromatic carbocycles. The van der Waals surface area contributed by atoms with E-state index in [1.807, 2.05) is 17.5 Å². The van der Waals surface area contributed by atoms with Crippen LogP contribution >= 0.6 is 27.3 Å². The van der Waals surface area contributed by atoms with Crippen molar-refractivity contribution in [3.8, 4) is 0 Å². The summed E-state index contributed by atoms with van der Waals surface area (Å²) < 4.78 is 27.6. The number of amides is 1. The summed E-state index contributed by atoms with van der Waals surface area (Å²) in [6.45, 7) is 0.649. The van der Waals surface area contributed by atoms with Crippen molar-refractivity contribution in [1.82, 2.24) is 9.73 Å². The molecular weight excluding hydrogens is 438 g/mol. The van der Waals surface area contributed by atoms with Gasteiger partial charge in [-0.05, 0) is 48.6 Å². The van der Waals surface area contributed by atoms with Crippen LogP contribution in [0.5, 0.6) is 0 Å². The highest BCUT2D eigenvalue weighted by atomic mass is 79.9. The van der Waals surface area contributed by atoms with Crippen molar-refractivity contribution in [1.29, 1.82) is 0 Å². The topological polar surface area (TPSA) is 78.8 Å². The van der Waals surface area contributed by atoms with Crippen molar-refractivity contribution in [2.75, 3.05) is 13.1 Å². The summed E-state index contributed by atoms with van der Waals surface area (Å²) in [6.07, 6.45) is 2.57. The minimum absolute atomic E-state index is 0.168. The molecule has 2 heterocycles. The van der Waals surface area contributed by atoms with Crippen LogP contribution in [0, 0.1) is 5.92 Å². The van der Waals surface area contributed by atoms with E-state index in [1.54, 1.807) is 30.5 Å². The van der Waals surface area contributed by atoms with Crippen LogP contribution in [0.15, 0.2) is 56.2 Å². The quantitative estimate of drug-likeness (QED) is 0.555. The number of benzene rings is 1. The molecule has 0 aliphatic carbocycles. The lowest BCUT2D eigenvalue weighted by Crippen LogP contribution is -2.42. The fraction of sp³-hybridized carbons (Fsp3) is 0.294. The van der Waals surface area contributed by atoms with Crippen LogP contribution in [0.3, 0.4) is 0 Å². The van der Waals surface area contributed by atoms with E-state index in [-0.39, 0.29) is 16.7 Å². The van der Waals surface area contributed by atoms with Crippen LogP contribution in [0.4, 0.5) is 0 Å². The van der Waals surface area contributed by atoms with E-state index in [1.165, 1.54) is 15.6 Å². The van der Waals surface area contributed by atoms with Gasteiger partial charge in [0.05, 0.1) is 11.1 Å². The number of rotatable bonds is 5. The number of carbonyl (C=O) groups excluding carboxylic acids is 1. The van der Waals surface area contributed by atoms with E-state index < -0.39 is 10.0 Å². The number of thiophene rings is 1. The number of hydrogen-bond acceptors (Lipinski definition) is 5. The second kappa shape index (κ2) is 8.43. The van der Waals surface area contributed by atoms with Gasteiger partial charge in [0.15, 0.2) is 0 Å². The zero-order valence-electron chi connectivity index (χ0n) is 13.8. The Balaban J connectivity index is 1.55. The zero-order valence-corrected chi connectivity index (χ0v) is 17.1. The Morgan fingerprint density at radius 3 is 2.54 bits per heavy atom. The maximum atomic E-state index is 12.7. The Morgan fingerprint density at radius 2 is 1.92 bits per heavy atom. The van der Waals surface area contributed by atoms with Crippen LogP contribution in [-0.2, 0) is 14.8 Å². The van der Waals surface area contributed by atoms with Crippen molar-refractivity contribution < 1.29 is 13.2 Å². The second-order valence-electron chi connectivity index (χ2n) is 5.88. The third-order valence-electron chi connectivity index (χ3n) is 4.19. The van der Waals surface area contributed by atoms with Crippen LogP contribution < -0.4 is 5.43 Å². The first-order chi connectivity index (χ1) is 12.5. The second-order valence-corrected chi connectivity index (χ2v) is 9.71. The lowest BCUT2D eigenvalue weighted by Gasteiger charge is -2.30. The third kappa shape index (κ3) is 4.59. The van der Waals surface area contributed by atoms with Crippen molar-refractivity contribution >= 4 is 49.4 Å². The summed E-state index contributed by atoms with van der Waals surface area (Å²) in [5.74, 6) is -0.398. The van der Waals surface area contributed by atoms with Crippen LogP contribution in [-0.4, -0.2) is 37.9 Å². The number of nitrogens with one attached hydrogen (secondary N) is 1. The lowest BCUT2D eigenvalue weighted by atomic mass is 9.98. The SMILES string of the molecule is O=C(N/N=C\c1cccs1)C1CCN(S(=O)(=O)c2ccc(Br)cc2)CC1. The predicted octanol–water partition coefficient (Wildman–Crippen LogP) is 3.06. The van der Waals surface area contributed by atoms with Gasteiger partial charge in [-0.3, -0.25) is 4.79 Å². The molecule has 1 aromatic heterocycles. The first-order valence-corrected chi connectivity index (χ1v) is 11.2. The standard InChI is InChI=1S/C17H18BrN3O3S2/c18-14-3-5-16(6-4-14)26(23,24)21-9-7-13(8-10-21)17(22)20-19-12-15-2-1-11-25-15/h1-6,11-13H,7-10H2,(H,20,22)/b19-12-. The predicted molar refractivity (Wildman–Crippen MR) is 106 cm³/mol. The first kappa shape index (κ1) is 19.2. The molecule has 3 rings (SSSR count). The monoisotopic (exact) mass is 455 g/mol. The molecular formula is C17H18BrN3O3S2. The van der Waals surface area contributed by atoms with Crippen LogP contribution in [0.25, 0.3) is 0 Å². The molecule has 1 saturated heterocycles. The highest BCUT2D eigenvalue weighted by Crippen LogP contribution is 2.25. The average Bonchev–Trinajstić information content (AvgIpc) is 3.15. The molecule has 0 atom stereocenters.